The third kappa shape index (κ3) is 4.94. The van der Waals surface area contributed by atoms with E-state index in [-0.39, 0.29) is 0 Å². The number of benzene rings is 1. The Morgan fingerprint density at radius 1 is 0.741 bits per heavy atom. The number of pyridine rings is 1. The number of ether oxygens (including phenoxy) is 1. The molecule has 27 heavy (non-hydrogen) atoms. The lowest BCUT2D eigenvalue weighted by atomic mass is 9.91. The van der Waals surface area contributed by atoms with E-state index >= 15 is 0 Å². The molecule has 1 saturated carbocycles. The zero-order valence-electron chi connectivity index (χ0n) is 15.1. The molecule has 0 aliphatic heterocycles. The minimum Gasteiger partial charge on any atom is -0.439 e. The summed E-state index contributed by atoms with van der Waals surface area (Å²) in [5.74, 6) is 2.88. The Balaban J connectivity index is 1.29. The van der Waals surface area contributed by atoms with Crippen LogP contribution in [-0.4, -0.2) is 27.0 Å². The second-order valence-electron chi connectivity index (χ2n) is 6.69. The quantitative estimate of drug-likeness (QED) is 0.673. The first-order chi connectivity index (χ1) is 13.3. The van der Waals surface area contributed by atoms with Crippen LogP contribution in [0.4, 0.5) is 11.8 Å². The van der Waals surface area contributed by atoms with Gasteiger partial charge in [-0.25, -0.2) is 9.97 Å². The molecule has 2 N–H and O–H groups in total. The number of nitrogens with one attached hydrogen (secondary N) is 2. The predicted octanol–water partition coefficient (Wildman–Crippen LogP) is 4.50. The van der Waals surface area contributed by atoms with Gasteiger partial charge in [0.1, 0.15) is 11.6 Å². The van der Waals surface area contributed by atoms with Crippen molar-refractivity contribution < 1.29 is 4.74 Å². The van der Waals surface area contributed by atoms with Gasteiger partial charge in [0.25, 0.3) is 0 Å². The van der Waals surface area contributed by atoms with Gasteiger partial charge >= 0.3 is 0 Å². The highest BCUT2D eigenvalue weighted by atomic mass is 16.5. The Morgan fingerprint density at radius 3 is 2.22 bits per heavy atom. The monoisotopic (exact) mass is 361 g/mol. The molecule has 0 bridgehead atoms. The lowest BCUT2D eigenvalue weighted by molar-refractivity contribution is 0.425. The van der Waals surface area contributed by atoms with Gasteiger partial charge in [-0.2, -0.15) is 4.98 Å². The molecule has 0 radical (unpaired) electrons. The fourth-order valence-corrected chi connectivity index (χ4v) is 3.30. The van der Waals surface area contributed by atoms with Gasteiger partial charge in [0, 0.05) is 30.5 Å². The van der Waals surface area contributed by atoms with Crippen molar-refractivity contribution in [2.45, 2.75) is 37.8 Å². The molecule has 1 aromatic carbocycles. The van der Waals surface area contributed by atoms with Crippen LogP contribution in [0.3, 0.4) is 0 Å². The normalized spacial score (nSPS) is 19.3. The van der Waals surface area contributed by atoms with Gasteiger partial charge in [-0.1, -0.05) is 24.3 Å². The van der Waals surface area contributed by atoms with Crippen LogP contribution in [-0.2, 0) is 0 Å². The van der Waals surface area contributed by atoms with Crippen molar-refractivity contribution in [3.63, 3.8) is 0 Å². The maximum absolute atomic E-state index is 5.78. The second-order valence-corrected chi connectivity index (χ2v) is 6.69. The predicted molar refractivity (Wildman–Crippen MR) is 106 cm³/mol. The Hall–Kier alpha value is -3.15. The third-order valence-electron chi connectivity index (χ3n) is 4.67. The Bertz CT molecular complexity index is 835. The van der Waals surface area contributed by atoms with E-state index in [0.717, 1.165) is 37.3 Å². The lowest BCUT2D eigenvalue weighted by Gasteiger charge is -2.30. The molecule has 4 rings (SSSR count). The van der Waals surface area contributed by atoms with Gasteiger partial charge in [0.05, 0.1) is 0 Å². The molecule has 138 valence electrons. The van der Waals surface area contributed by atoms with Crippen LogP contribution >= 0.6 is 0 Å². The molecule has 2 aromatic heterocycles. The van der Waals surface area contributed by atoms with Gasteiger partial charge in [0.15, 0.2) is 0 Å². The van der Waals surface area contributed by atoms with Gasteiger partial charge in [-0.3, -0.25) is 0 Å². The summed E-state index contributed by atoms with van der Waals surface area (Å²) >= 11 is 0. The SMILES string of the molecule is c1ccc(Oc2ccnc(NC3CCC(Nc4ccccn4)CC3)n2)cc1. The summed E-state index contributed by atoms with van der Waals surface area (Å²) in [7, 11) is 0. The summed E-state index contributed by atoms with van der Waals surface area (Å²) in [6.07, 6.45) is 7.86. The maximum Gasteiger partial charge on any atom is 0.226 e. The molecule has 0 saturated heterocycles. The first-order valence-electron chi connectivity index (χ1n) is 9.35. The van der Waals surface area contributed by atoms with Crippen molar-refractivity contribution in [2.75, 3.05) is 10.6 Å². The largest absolute Gasteiger partial charge is 0.439 e. The first-order valence-corrected chi connectivity index (χ1v) is 9.35. The number of para-hydroxylation sites is 1. The van der Waals surface area contributed by atoms with Crippen molar-refractivity contribution in [3.8, 4) is 11.6 Å². The molecule has 3 aromatic rings. The zero-order valence-corrected chi connectivity index (χ0v) is 15.1. The first kappa shape index (κ1) is 17.3. The molecule has 0 atom stereocenters. The molecule has 0 unspecified atom stereocenters. The highest BCUT2D eigenvalue weighted by molar-refractivity contribution is 5.35. The van der Waals surface area contributed by atoms with Crippen LogP contribution < -0.4 is 15.4 Å². The number of hydrogen-bond acceptors (Lipinski definition) is 6. The van der Waals surface area contributed by atoms with E-state index < -0.39 is 0 Å². The minimum atomic E-state index is 0.374. The van der Waals surface area contributed by atoms with Crippen molar-refractivity contribution in [3.05, 3.63) is 67.0 Å². The molecule has 0 amide bonds. The van der Waals surface area contributed by atoms with E-state index in [1.165, 1.54) is 0 Å². The van der Waals surface area contributed by atoms with Crippen LogP contribution in [0.2, 0.25) is 0 Å². The van der Waals surface area contributed by atoms with Gasteiger partial charge < -0.3 is 15.4 Å². The molecule has 1 aliphatic carbocycles. The number of aromatic nitrogens is 3. The molecule has 0 spiro atoms. The van der Waals surface area contributed by atoms with Gasteiger partial charge in [-0.05, 0) is 49.9 Å². The van der Waals surface area contributed by atoms with Crippen molar-refractivity contribution in [1.82, 2.24) is 15.0 Å². The number of anilines is 2. The minimum absolute atomic E-state index is 0.374. The van der Waals surface area contributed by atoms with Crippen molar-refractivity contribution in [2.24, 2.45) is 0 Å². The number of hydrogen-bond donors (Lipinski definition) is 2. The third-order valence-corrected chi connectivity index (χ3v) is 4.67. The van der Waals surface area contributed by atoms with E-state index in [0.29, 0.717) is 23.9 Å². The summed E-state index contributed by atoms with van der Waals surface area (Å²) in [6.45, 7) is 0. The van der Waals surface area contributed by atoms with Crippen LogP contribution in [0.5, 0.6) is 11.6 Å². The molecule has 6 nitrogen and oxygen atoms in total. The van der Waals surface area contributed by atoms with Crippen LogP contribution in [0.25, 0.3) is 0 Å². The summed E-state index contributed by atoms with van der Waals surface area (Å²) < 4.78 is 5.78. The van der Waals surface area contributed by atoms with Crippen LogP contribution in [0.1, 0.15) is 25.7 Å². The summed E-state index contributed by atoms with van der Waals surface area (Å²) in [6, 6.07) is 18.2. The molecule has 2 heterocycles. The summed E-state index contributed by atoms with van der Waals surface area (Å²) in [4.78, 5) is 13.2. The Labute approximate surface area is 159 Å². The molecule has 1 fully saturated rings. The average molecular weight is 361 g/mol. The molecule has 1 aliphatic rings. The number of rotatable bonds is 6. The highest BCUT2D eigenvalue weighted by Gasteiger charge is 2.22. The fraction of sp³-hybridized carbons (Fsp3) is 0.286. The lowest BCUT2D eigenvalue weighted by Crippen LogP contribution is -2.33. The summed E-state index contributed by atoms with van der Waals surface area (Å²) in [5.41, 5.74) is 0. The van der Waals surface area contributed by atoms with Gasteiger partial charge in [0.2, 0.25) is 11.8 Å². The average Bonchev–Trinajstić information content (AvgIpc) is 2.71. The molecule has 6 heteroatoms. The van der Waals surface area contributed by atoms with E-state index in [9.17, 15) is 0 Å². The zero-order chi connectivity index (χ0) is 18.3. The van der Waals surface area contributed by atoms with E-state index in [1.807, 2.05) is 54.7 Å². The second kappa shape index (κ2) is 8.49. The number of nitrogens with zero attached hydrogens (tertiary/aromatic N) is 3. The van der Waals surface area contributed by atoms with Crippen molar-refractivity contribution in [1.29, 1.82) is 0 Å². The fourth-order valence-electron chi connectivity index (χ4n) is 3.30. The smallest absolute Gasteiger partial charge is 0.226 e. The van der Waals surface area contributed by atoms with Gasteiger partial charge in [-0.15, -0.1) is 0 Å². The Kier molecular flexibility index (Phi) is 5.43. The van der Waals surface area contributed by atoms with E-state index in [1.54, 1.807) is 12.3 Å². The standard InChI is InChI=1S/C21H23N5O/c1-2-6-18(7-3-1)27-20-13-15-23-21(26-20)25-17-11-9-16(10-12-17)24-19-8-4-5-14-22-19/h1-8,13-17H,9-12H2,(H,22,24)(H,23,25,26). The van der Waals surface area contributed by atoms with E-state index in [2.05, 4.69) is 25.6 Å². The topological polar surface area (TPSA) is 72.0 Å². The van der Waals surface area contributed by atoms with Crippen LogP contribution in [0.15, 0.2) is 67.0 Å². The summed E-state index contributed by atoms with van der Waals surface area (Å²) in [5, 5.41) is 6.96. The highest BCUT2D eigenvalue weighted by Crippen LogP contribution is 2.24. The van der Waals surface area contributed by atoms with E-state index in [4.69, 9.17) is 4.74 Å². The van der Waals surface area contributed by atoms with Crippen molar-refractivity contribution >= 4 is 11.8 Å². The molecular formula is C21H23N5O. The Morgan fingerprint density at radius 2 is 1.48 bits per heavy atom. The maximum atomic E-state index is 5.78. The van der Waals surface area contributed by atoms with Crippen LogP contribution in [0, 0.1) is 0 Å². The molecular weight excluding hydrogens is 338 g/mol.